The molecular formula is C13H15ClFN3. The fourth-order valence-electron chi connectivity index (χ4n) is 1.90. The number of rotatable bonds is 3. The normalized spacial score (nSPS) is 10.9. The molecule has 2 rings (SSSR count). The van der Waals surface area contributed by atoms with Crippen molar-refractivity contribution in [3.63, 3.8) is 0 Å². The molecule has 0 bridgehead atoms. The van der Waals surface area contributed by atoms with Gasteiger partial charge in [-0.25, -0.2) is 9.37 Å². The van der Waals surface area contributed by atoms with Gasteiger partial charge in [0.15, 0.2) is 0 Å². The molecule has 5 heteroatoms. The number of aryl methyl sites for hydroxylation is 1. The van der Waals surface area contributed by atoms with Crippen LogP contribution in [0, 0.1) is 12.7 Å². The van der Waals surface area contributed by atoms with Crippen LogP contribution in [-0.2, 0) is 13.6 Å². The Labute approximate surface area is 111 Å². The molecule has 0 aliphatic heterocycles. The number of hydrogen-bond donors (Lipinski definition) is 1. The SMILES string of the molecule is CNCc1c(-c2ccc(F)c(Cl)c2)nc(C)n1C. The van der Waals surface area contributed by atoms with Crippen LogP contribution in [-0.4, -0.2) is 16.6 Å². The largest absolute Gasteiger partial charge is 0.334 e. The van der Waals surface area contributed by atoms with Gasteiger partial charge in [0, 0.05) is 19.2 Å². The van der Waals surface area contributed by atoms with E-state index in [1.54, 1.807) is 12.1 Å². The molecule has 3 nitrogen and oxygen atoms in total. The van der Waals surface area contributed by atoms with Crippen molar-refractivity contribution in [3.8, 4) is 11.3 Å². The Bertz CT molecular complexity index is 578. The first-order chi connectivity index (χ1) is 8.54. The zero-order valence-corrected chi connectivity index (χ0v) is 11.3. The van der Waals surface area contributed by atoms with Crippen molar-refractivity contribution < 1.29 is 4.39 Å². The second-order valence-corrected chi connectivity index (χ2v) is 4.58. The second-order valence-electron chi connectivity index (χ2n) is 4.17. The summed E-state index contributed by atoms with van der Waals surface area (Å²) in [4.78, 5) is 4.51. The highest BCUT2D eigenvalue weighted by atomic mass is 35.5. The lowest BCUT2D eigenvalue weighted by molar-refractivity contribution is 0.628. The molecule has 2 aromatic rings. The summed E-state index contributed by atoms with van der Waals surface area (Å²) in [6, 6.07) is 4.67. The molecule has 1 aromatic carbocycles. The van der Waals surface area contributed by atoms with E-state index in [0.717, 1.165) is 22.8 Å². The van der Waals surface area contributed by atoms with Gasteiger partial charge in [0.05, 0.1) is 16.4 Å². The zero-order valence-electron chi connectivity index (χ0n) is 10.6. The lowest BCUT2D eigenvalue weighted by Crippen LogP contribution is -2.10. The first-order valence-corrected chi connectivity index (χ1v) is 6.04. The molecule has 1 aromatic heterocycles. The smallest absolute Gasteiger partial charge is 0.141 e. The van der Waals surface area contributed by atoms with Crippen LogP contribution in [0.15, 0.2) is 18.2 Å². The minimum Gasteiger partial charge on any atom is -0.334 e. The highest BCUT2D eigenvalue weighted by Crippen LogP contribution is 2.27. The summed E-state index contributed by atoms with van der Waals surface area (Å²) in [6.45, 7) is 2.63. The fourth-order valence-corrected chi connectivity index (χ4v) is 2.08. The number of benzene rings is 1. The number of imidazole rings is 1. The summed E-state index contributed by atoms with van der Waals surface area (Å²) >= 11 is 5.81. The second kappa shape index (κ2) is 5.08. The Morgan fingerprint density at radius 2 is 2.17 bits per heavy atom. The molecule has 0 spiro atoms. The van der Waals surface area contributed by atoms with Gasteiger partial charge in [-0.2, -0.15) is 0 Å². The molecule has 0 aliphatic carbocycles. The van der Waals surface area contributed by atoms with Crippen molar-refractivity contribution >= 4 is 11.6 Å². The van der Waals surface area contributed by atoms with Gasteiger partial charge in [0.25, 0.3) is 0 Å². The van der Waals surface area contributed by atoms with E-state index in [1.807, 2.05) is 25.6 Å². The first-order valence-electron chi connectivity index (χ1n) is 5.66. The topological polar surface area (TPSA) is 29.9 Å². The first kappa shape index (κ1) is 13.1. The Morgan fingerprint density at radius 3 is 2.78 bits per heavy atom. The Morgan fingerprint density at radius 1 is 1.44 bits per heavy atom. The Hall–Kier alpha value is -1.39. The summed E-state index contributed by atoms with van der Waals surface area (Å²) in [6.07, 6.45) is 0. The predicted octanol–water partition coefficient (Wildman–Crippen LogP) is 2.91. The number of nitrogens with one attached hydrogen (secondary N) is 1. The predicted molar refractivity (Wildman–Crippen MR) is 71.1 cm³/mol. The van der Waals surface area contributed by atoms with Crippen molar-refractivity contribution in [1.29, 1.82) is 0 Å². The third-order valence-electron chi connectivity index (χ3n) is 2.97. The van der Waals surface area contributed by atoms with E-state index in [2.05, 4.69) is 10.3 Å². The third-order valence-corrected chi connectivity index (χ3v) is 3.26. The van der Waals surface area contributed by atoms with E-state index < -0.39 is 5.82 Å². The average molecular weight is 268 g/mol. The van der Waals surface area contributed by atoms with Gasteiger partial charge in [-0.1, -0.05) is 11.6 Å². The average Bonchev–Trinajstić information content (AvgIpc) is 2.61. The van der Waals surface area contributed by atoms with E-state index in [1.165, 1.54) is 6.07 Å². The highest BCUT2D eigenvalue weighted by Gasteiger charge is 2.14. The van der Waals surface area contributed by atoms with E-state index >= 15 is 0 Å². The molecule has 0 atom stereocenters. The van der Waals surface area contributed by atoms with Crippen molar-refractivity contribution in [3.05, 3.63) is 40.6 Å². The molecule has 18 heavy (non-hydrogen) atoms. The van der Waals surface area contributed by atoms with Gasteiger partial charge in [-0.05, 0) is 32.2 Å². The van der Waals surface area contributed by atoms with Crippen LogP contribution in [0.25, 0.3) is 11.3 Å². The Kier molecular flexibility index (Phi) is 3.68. The lowest BCUT2D eigenvalue weighted by atomic mass is 10.1. The minimum absolute atomic E-state index is 0.117. The number of hydrogen-bond acceptors (Lipinski definition) is 2. The third kappa shape index (κ3) is 2.26. The number of halogens is 2. The van der Waals surface area contributed by atoms with Crippen LogP contribution < -0.4 is 5.32 Å². The summed E-state index contributed by atoms with van der Waals surface area (Å²) in [5.74, 6) is 0.499. The highest BCUT2D eigenvalue weighted by molar-refractivity contribution is 6.31. The molecule has 0 aliphatic rings. The van der Waals surface area contributed by atoms with Crippen molar-refractivity contribution in [1.82, 2.24) is 14.9 Å². The maximum atomic E-state index is 13.2. The molecule has 0 saturated heterocycles. The van der Waals surface area contributed by atoms with Gasteiger partial charge < -0.3 is 9.88 Å². The quantitative estimate of drug-likeness (QED) is 0.927. The van der Waals surface area contributed by atoms with Crippen LogP contribution in [0.1, 0.15) is 11.5 Å². The molecule has 1 N–H and O–H groups in total. The summed E-state index contributed by atoms with van der Waals surface area (Å²) in [5.41, 5.74) is 2.72. The lowest BCUT2D eigenvalue weighted by Gasteiger charge is -2.06. The van der Waals surface area contributed by atoms with Crippen molar-refractivity contribution in [2.24, 2.45) is 7.05 Å². The van der Waals surface area contributed by atoms with E-state index in [9.17, 15) is 4.39 Å². The zero-order chi connectivity index (χ0) is 13.3. The monoisotopic (exact) mass is 267 g/mol. The molecule has 0 radical (unpaired) electrons. The molecular weight excluding hydrogens is 253 g/mol. The van der Waals surface area contributed by atoms with Crippen LogP contribution in [0.4, 0.5) is 4.39 Å². The van der Waals surface area contributed by atoms with Gasteiger partial charge in [0.1, 0.15) is 11.6 Å². The van der Waals surface area contributed by atoms with Gasteiger partial charge in [-0.3, -0.25) is 0 Å². The van der Waals surface area contributed by atoms with E-state index in [-0.39, 0.29) is 5.02 Å². The summed E-state index contributed by atoms with van der Waals surface area (Å²) in [5, 5.41) is 3.22. The minimum atomic E-state index is -0.414. The fraction of sp³-hybridized carbons (Fsp3) is 0.308. The molecule has 0 amide bonds. The van der Waals surface area contributed by atoms with Crippen LogP contribution >= 0.6 is 11.6 Å². The van der Waals surface area contributed by atoms with E-state index in [4.69, 9.17) is 11.6 Å². The van der Waals surface area contributed by atoms with Gasteiger partial charge in [0.2, 0.25) is 0 Å². The van der Waals surface area contributed by atoms with Crippen LogP contribution in [0.2, 0.25) is 5.02 Å². The van der Waals surface area contributed by atoms with Crippen molar-refractivity contribution in [2.75, 3.05) is 7.05 Å². The maximum Gasteiger partial charge on any atom is 0.141 e. The summed E-state index contributed by atoms with van der Waals surface area (Å²) in [7, 11) is 3.84. The van der Waals surface area contributed by atoms with Crippen molar-refractivity contribution in [2.45, 2.75) is 13.5 Å². The number of nitrogens with zero attached hydrogens (tertiary/aromatic N) is 2. The van der Waals surface area contributed by atoms with Crippen LogP contribution in [0.5, 0.6) is 0 Å². The molecule has 96 valence electrons. The number of aromatic nitrogens is 2. The molecule has 0 saturated carbocycles. The summed E-state index contributed by atoms with van der Waals surface area (Å²) < 4.78 is 15.2. The maximum absolute atomic E-state index is 13.2. The molecule has 0 unspecified atom stereocenters. The van der Waals surface area contributed by atoms with E-state index in [0.29, 0.717) is 6.54 Å². The van der Waals surface area contributed by atoms with Gasteiger partial charge in [-0.15, -0.1) is 0 Å². The standard InChI is InChI=1S/C13H15ClFN3/c1-8-17-13(12(7-16-2)18(8)3)9-4-5-11(15)10(14)6-9/h4-6,16H,7H2,1-3H3. The van der Waals surface area contributed by atoms with Crippen LogP contribution in [0.3, 0.4) is 0 Å². The molecule has 1 heterocycles. The Balaban J connectivity index is 2.55. The molecule has 0 fully saturated rings. The van der Waals surface area contributed by atoms with Gasteiger partial charge >= 0.3 is 0 Å².